The highest BCUT2D eigenvalue weighted by Gasteiger charge is 2.12. The Morgan fingerprint density at radius 2 is 2.15 bits per heavy atom. The summed E-state index contributed by atoms with van der Waals surface area (Å²) >= 11 is 0. The molecular formula is C11H14FO. The SMILES string of the molecule is CCc1c(O)cccc1[C](C)CF. The number of phenols is 1. The first kappa shape index (κ1) is 10.0. The van der Waals surface area contributed by atoms with Crippen LogP contribution in [-0.4, -0.2) is 11.8 Å². The lowest BCUT2D eigenvalue weighted by Gasteiger charge is -2.12. The van der Waals surface area contributed by atoms with Crippen molar-refractivity contribution in [3.8, 4) is 5.75 Å². The summed E-state index contributed by atoms with van der Waals surface area (Å²) in [6.07, 6.45) is 0.722. The molecule has 2 heteroatoms. The van der Waals surface area contributed by atoms with Crippen molar-refractivity contribution in [1.82, 2.24) is 0 Å². The van der Waals surface area contributed by atoms with Crippen molar-refractivity contribution < 1.29 is 9.50 Å². The zero-order chi connectivity index (χ0) is 9.84. The van der Waals surface area contributed by atoms with Crippen molar-refractivity contribution in [2.75, 3.05) is 6.67 Å². The van der Waals surface area contributed by atoms with Gasteiger partial charge in [0.25, 0.3) is 0 Å². The van der Waals surface area contributed by atoms with E-state index in [4.69, 9.17) is 0 Å². The third-order valence-electron chi connectivity index (χ3n) is 2.17. The number of aromatic hydroxyl groups is 1. The monoisotopic (exact) mass is 181 g/mol. The standard InChI is InChI=1S/C11H14FO/c1-3-9-10(8(2)7-12)5-4-6-11(9)13/h4-6,13H,3,7H2,1-2H3. The first-order chi connectivity index (χ1) is 6.20. The van der Waals surface area contributed by atoms with Gasteiger partial charge in [-0.3, -0.25) is 4.39 Å². The fraction of sp³-hybridized carbons (Fsp3) is 0.364. The van der Waals surface area contributed by atoms with Crippen molar-refractivity contribution in [3.63, 3.8) is 0 Å². The molecule has 0 aliphatic rings. The normalized spacial score (nSPS) is 10.8. The Kier molecular flexibility index (Phi) is 3.29. The van der Waals surface area contributed by atoms with E-state index < -0.39 is 6.67 Å². The predicted octanol–water partition coefficient (Wildman–Crippen LogP) is 2.87. The maximum absolute atomic E-state index is 12.4. The quantitative estimate of drug-likeness (QED) is 0.760. The van der Waals surface area contributed by atoms with Crippen LogP contribution in [0.3, 0.4) is 0 Å². The summed E-state index contributed by atoms with van der Waals surface area (Å²) in [4.78, 5) is 0. The zero-order valence-corrected chi connectivity index (χ0v) is 7.97. The first-order valence-electron chi connectivity index (χ1n) is 4.40. The molecule has 0 heterocycles. The van der Waals surface area contributed by atoms with Gasteiger partial charge >= 0.3 is 0 Å². The molecule has 0 aromatic heterocycles. The van der Waals surface area contributed by atoms with E-state index in [2.05, 4.69) is 0 Å². The highest BCUT2D eigenvalue weighted by Crippen LogP contribution is 2.27. The second kappa shape index (κ2) is 4.26. The van der Waals surface area contributed by atoms with Crippen molar-refractivity contribution in [1.29, 1.82) is 0 Å². The van der Waals surface area contributed by atoms with Crippen molar-refractivity contribution in [2.45, 2.75) is 20.3 Å². The molecule has 1 nitrogen and oxygen atoms in total. The molecule has 1 aromatic carbocycles. The number of hydrogen-bond acceptors (Lipinski definition) is 1. The molecule has 0 aliphatic heterocycles. The lowest BCUT2D eigenvalue weighted by Crippen LogP contribution is -2.01. The molecule has 0 fully saturated rings. The van der Waals surface area contributed by atoms with Crippen LogP contribution in [0.5, 0.6) is 5.75 Å². The molecule has 1 radical (unpaired) electrons. The molecule has 0 saturated heterocycles. The van der Waals surface area contributed by atoms with Crippen LogP contribution in [0.15, 0.2) is 18.2 Å². The van der Waals surface area contributed by atoms with Gasteiger partial charge in [-0.1, -0.05) is 26.0 Å². The summed E-state index contributed by atoms with van der Waals surface area (Å²) in [5.74, 6) is 0.931. The number of halogens is 1. The third kappa shape index (κ3) is 2.00. The van der Waals surface area contributed by atoms with Crippen molar-refractivity contribution in [3.05, 3.63) is 35.2 Å². The van der Waals surface area contributed by atoms with E-state index in [9.17, 15) is 9.50 Å². The Balaban J connectivity index is 3.12. The summed E-state index contributed by atoms with van der Waals surface area (Å²) in [6, 6.07) is 5.21. The van der Waals surface area contributed by atoms with Crippen LogP contribution in [0.4, 0.5) is 4.39 Å². The molecule has 1 rings (SSSR count). The molecule has 0 atom stereocenters. The highest BCUT2D eigenvalue weighted by atomic mass is 19.1. The van der Waals surface area contributed by atoms with E-state index in [-0.39, 0.29) is 5.75 Å². The van der Waals surface area contributed by atoms with E-state index in [0.29, 0.717) is 5.92 Å². The molecular weight excluding hydrogens is 167 g/mol. The predicted molar refractivity (Wildman–Crippen MR) is 51.5 cm³/mol. The number of phenolic OH excluding ortho intramolecular Hbond substituents is 1. The van der Waals surface area contributed by atoms with Gasteiger partial charge in [0, 0.05) is 5.92 Å². The minimum absolute atomic E-state index is 0.257. The maximum atomic E-state index is 12.4. The topological polar surface area (TPSA) is 20.2 Å². The summed E-state index contributed by atoms with van der Waals surface area (Å²) in [5, 5.41) is 9.50. The average Bonchev–Trinajstić information content (AvgIpc) is 2.16. The lowest BCUT2D eigenvalue weighted by molar-refractivity contribution is 0.466. The van der Waals surface area contributed by atoms with Crippen LogP contribution >= 0.6 is 0 Å². The lowest BCUT2D eigenvalue weighted by atomic mass is 9.94. The average molecular weight is 181 g/mol. The first-order valence-corrected chi connectivity index (χ1v) is 4.40. The van der Waals surface area contributed by atoms with Crippen LogP contribution < -0.4 is 0 Å². The molecule has 1 N–H and O–H groups in total. The van der Waals surface area contributed by atoms with Gasteiger partial charge in [0.1, 0.15) is 5.75 Å². The number of benzene rings is 1. The second-order valence-electron chi connectivity index (χ2n) is 3.07. The van der Waals surface area contributed by atoms with E-state index >= 15 is 0 Å². The molecule has 0 amide bonds. The third-order valence-corrected chi connectivity index (χ3v) is 2.17. The number of hydrogen-bond donors (Lipinski definition) is 1. The van der Waals surface area contributed by atoms with Crippen LogP contribution in [-0.2, 0) is 6.42 Å². The van der Waals surface area contributed by atoms with Gasteiger partial charge < -0.3 is 5.11 Å². The Bertz CT molecular complexity index is 283. The number of alkyl halides is 1. The second-order valence-corrected chi connectivity index (χ2v) is 3.07. The Morgan fingerprint density at radius 1 is 1.46 bits per heavy atom. The Labute approximate surface area is 78.2 Å². The number of rotatable bonds is 3. The highest BCUT2D eigenvalue weighted by molar-refractivity contribution is 5.45. The summed E-state index contributed by atoms with van der Waals surface area (Å²) in [7, 11) is 0. The van der Waals surface area contributed by atoms with Crippen LogP contribution in [0, 0.1) is 5.92 Å². The fourth-order valence-corrected chi connectivity index (χ4v) is 1.42. The fourth-order valence-electron chi connectivity index (χ4n) is 1.42. The van der Waals surface area contributed by atoms with Gasteiger partial charge in [-0.05, 0) is 23.6 Å². The van der Waals surface area contributed by atoms with Gasteiger partial charge in [-0.15, -0.1) is 0 Å². The molecule has 0 bridgehead atoms. The van der Waals surface area contributed by atoms with E-state index in [1.807, 2.05) is 13.0 Å². The Morgan fingerprint density at radius 3 is 2.69 bits per heavy atom. The molecule has 0 saturated carbocycles. The maximum Gasteiger partial charge on any atom is 0.119 e. The molecule has 1 aromatic rings. The van der Waals surface area contributed by atoms with E-state index in [1.54, 1.807) is 19.1 Å². The summed E-state index contributed by atoms with van der Waals surface area (Å²) < 4.78 is 12.4. The smallest absolute Gasteiger partial charge is 0.119 e. The van der Waals surface area contributed by atoms with Gasteiger partial charge in [0.15, 0.2) is 0 Å². The van der Waals surface area contributed by atoms with Crippen LogP contribution in [0.2, 0.25) is 0 Å². The Hall–Kier alpha value is -1.05. The van der Waals surface area contributed by atoms with Gasteiger partial charge in [-0.25, -0.2) is 0 Å². The van der Waals surface area contributed by atoms with Crippen LogP contribution in [0.25, 0.3) is 0 Å². The molecule has 0 spiro atoms. The van der Waals surface area contributed by atoms with Crippen LogP contribution in [0.1, 0.15) is 25.0 Å². The summed E-state index contributed by atoms with van der Waals surface area (Å²) in [5.41, 5.74) is 1.67. The van der Waals surface area contributed by atoms with Gasteiger partial charge in [0.05, 0.1) is 6.67 Å². The van der Waals surface area contributed by atoms with Crippen molar-refractivity contribution >= 4 is 0 Å². The van der Waals surface area contributed by atoms with Gasteiger partial charge in [0.2, 0.25) is 0 Å². The van der Waals surface area contributed by atoms with E-state index in [0.717, 1.165) is 17.5 Å². The minimum Gasteiger partial charge on any atom is -0.508 e. The van der Waals surface area contributed by atoms with Crippen molar-refractivity contribution in [2.24, 2.45) is 0 Å². The van der Waals surface area contributed by atoms with E-state index in [1.165, 1.54) is 0 Å². The molecule has 0 unspecified atom stereocenters. The molecule has 0 aliphatic carbocycles. The molecule has 71 valence electrons. The largest absolute Gasteiger partial charge is 0.508 e. The van der Waals surface area contributed by atoms with Gasteiger partial charge in [-0.2, -0.15) is 0 Å². The minimum atomic E-state index is -0.462. The molecule has 13 heavy (non-hydrogen) atoms. The zero-order valence-electron chi connectivity index (χ0n) is 7.97. The summed E-state index contributed by atoms with van der Waals surface area (Å²) in [6.45, 7) is 3.23.